The molecular weight excluding hydrogens is 475 g/mol. The lowest BCUT2D eigenvalue weighted by Crippen LogP contribution is -2.41. The lowest BCUT2D eigenvalue weighted by Gasteiger charge is -2.33. The molecule has 162 valence electrons. The third-order valence-corrected chi connectivity index (χ3v) is 6.57. The molecule has 1 aliphatic heterocycles. The maximum absolute atomic E-state index is 12.4. The van der Waals surface area contributed by atoms with Crippen molar-refractivity contribution in [2.75, 3.05) is 33.2 Å². The van der Waals surface area contributed by atoms with Crippen molar-refractivity contribution in [2.24, 2.45) is 10.4 Å². The van der Waals surface area contributed by atoms with E-state index in [0.29, 0.717) is 5.41 Å². The second-order valence-electron chi connectivity index (χ2n) is 8.31. The minimum atomic E-state index is 0. The molecule has 1 N–H and O–H groups in total. The van der Waals surface area contributed by atoms with Crippen LogP contribution >= 0.6 is 24.0 Å². The first-order valence-electron chi connectivity index (χ1n) is 10.9. The molecular formula is C23H37IN4O. The largest absolute Gasteiger partial charge is 0.352 e. The Hall–Kier alpha value is -1.31. The van der Waals surface area contributed by atoms with Gasteiger partial charge in [0.2, 0.25) is 0 Å². The van der Waals surface area contributed by atoms with Crippen LogP contribution in [0, 0.1) is 5.41 Å². The Morgan fingerprint density at radius 3 is 2.34 bits per heavy atom. The maximum atomic E-state index is 12.4. The van der Waals surface area contributed by atoms with Crippen molar-refractivity contribution in [3.8, 4) is 0 Å². The molecule has 1 saturated heterocycles. The fraction of sp³-hybridized carbons (Fsp3) is 0.652. The zero-order valence-corrected chi connectivity index (χ0v) is 20.6. The van der Waals surface area contributed by atoms with Crippen LogP contribution in [-0.2, 0) is 6.54 Å². The highest BCUT2D eigenvalue weighted by atomic mass is 127. The van der Waals surface area contributed by atoms with Crippen LogP contribution in [0.1, 0.15) is 68.3 Å². The fourth-order valence-corrected chi connectivity index (χ4v) is 4.80. The predicted molar refractivity (Wildman–Crippen MR) is 131 cm³/mol. The first-order valence-corrected chi connectivity index (χ1v) is 10.9. The topological polar surface area (TPSA) is 47.9 Å². The number of halogens is 1. The van der Waals surface area contributed by atoms with Gasteiger partial charge >= 0.3 is 0 Å². The SMILES string of the molecule is CCN(CC)C(=O)c1ccc(CNC(=NC)N2CCC3(CCCCC3)C2)cc1.I. The van der Waals surface area contributed by atoms with Gasteiger partial charge in [0.05, 0.1) is 0 Å². The molecule has 0 radical (unpaired) electrons. The monoisotopic (exact) mass is 512 g/mol. The number of aliphatic imine (C=N–C) groups is 1. The number of rotatable bonds is 5. The van der Waals surface area contributed by atoms with E-state index in [1.165, 1.54) is 44.1 Å². The number of carbonyl (C=O) groups excluding carboxylic acids is 1. The molecule has 2 aliphatic rings. The highest BCUT2D eigenvalue weighted by Crippen LogP contribution is 2.43. The van der Waals surface area contributed by atoms with Crippen LogP contribution < -0.4 is 5.32 Å². The molecule has 6 heteroatoms. The summed E-state index contributed by atoms with van der Waals surface area (Å²) in [6.07, 6.45) is 8.24. The van der Waals surface area contributed by atoms with Crippen molar-refractivity contribution in [1.29, 1.82) is 0 Å². The van der Waals surface area contributed by atoms with E-state index in [0.717, 1.165) is 44.2 Å². The molecule has 1 aromatic rings. The molecule has 0 aromatic heterocycles. The highest BCUT2D eigenvalue weighted by molar-refractivity contribution is 14.0. The van der Waals surface area contributed by atoms with Crippen LogP contribution in [0.3, 0.4) is 0 Å². The Bertz CT molecular complexity index is 679. The van der Waals surface area contributed by atoms with Crippen LogP contribution in [0.2, 0.25) is 0 Å². The average molecular weight is 512 g/mol. The van der Waals surface area contributed by atoms with Gasteiger partial charge in [-0.1, -0.05) is 31.4 Å². The van der Waals surface area contributed by atoms with Crippen LogP contribution in [0.15, 0.2) is 29.3 Å². The van der Waals surface area contributed by atoms with Gasteiger partial charge in [-0.25, -0.2) is 0 Å². The maximum Gasteiger partial charge on any atom is 0.253 e. The van der Waals surface area contributed by atoms with E-state index >= 15 is 0 Å². The first kappa shape index (κ1) is 24.0. The Labute approximate surface area is 193 Å². The molecule has 1 aliphatic carbocycles. The predicted octanol–water partition coefficient (Wildman–Crippen LogP) is 4.52. The van der Waals surface area contributed by atoms with Gasteiger partial charge in [0.1, 0.15) is 0 Å². The van der Waals surface area contributed by atoms with Crippen LogP contribution in [-0.4, -0.2) is 54.9 Å². The molecule has 29 heavy (non-hydrogen) atoms. The Morgan fingerprint density at radius 2 is 1.76 bits per heavy atom. The van der Waals surface area contributed by atoms with E-state index in [9.17, 15) is 4.79 Å². The van der Waals surface area contributed by atoms with Gasteiger partial charge in [-0.15, -0.1) is 24.0 Å². The highest BCUT2D eigenvalue weighted by Gasteiger charge is 2.39. The Kier molecular flexibility index (Phi) is 9.24. The van der Waals surface area contributed by atoms with Gasteiger partial charge in [-0.2, -0.15) is 0 Å². The van der Waals surface area contributed by atoms with Gasteiger partial charge in [-0.3, -0.25) is 9.79 Å². The fourth-order valence-electron chi connectivity index (χ4n) is 4.80. The number of nitrogens with one attached hydrogen (secondary N) is 1. The number of amides is 1. The Morgan fingerprint density at radius 1 is 1.10 bits per heavy atom. The molecule has 1 spiro atoms. The number of nitrogens with zero attached hydrogens (tertiary/aromatic N) is 3. The summed E-state index contributed by atoms with van der Waals surface area (Å²) in [6.45, 7) is 8.50. The molecule has 3 rings (SSSR count). The molecule has 2 fully saturated rings. The first-order chi connectivity index (χ1) is 13.6. The van der Waals surface area contributed by atoms with Crippen molar-refractivity contribution in [2.45, 2.75) is 58.9 Å². The minimum Gasteiger partial charge on any atom is -0.352 e. The summed E-state index contributed by atoms with van der Waals surface area (Å²) in [5.41, 5.74) is 2.46. The van der Waals surface area contributed by atoms with Gasteiger partial charge in [0.15, 0.2) is 5.96 Å². The van der Waals surface area contributed by atoms with Crippen molar-refractivity contribution in [3.05, 3.63) is 35.4 Å². The van der Waals surface area contributed by atoms with Crippen molar-refractivity contribution >= 4 is 35.8 Å². The van der Waals surface area contributed by atoms with E-state index in [4.69, 9.17) is 0 Å². The normalized spacial score (nSPS) is 18.4. The second kappa shape index (κ2) is 11.2. The number of carbonyl (C=O) groups is 1. The van der Waals surface area contributed by atoms with Gasteiger partial charge in [0.25, 0.3) is 5.91 Å². The summed E-state index contributed by atoms with van der Waals surface area (Å²) in [7, 11) is 1.88. The summed E-state index contributed by atoms with van der Waals surface area (Å²) in [4.78, 5) is 21.2. The lowest BCUT2D eigenvalue weighted by atomic mass is 9.73. The summed E-state index contributed by atoms with van der Waals surface area (Å²) in [5, 5.41) is 3.52. The standard InChI is InChI=1S/C23H36N4O.HI/c1-4-26(5-2)21(28)20-11-9-19(10-12-20)17-25-22(24-3)27-16-15-23(18-27)13-7-6-8-14-23;/h9-12H,4-8,13-18H2,1-3H3,(H,24,25);1H. The summed E-state index contributed by atoms with van der Waals surface area (Å²) in [6, 6.07) is 7.97. The minimum absolute atomic E-state index is 0. The van der Waals surface area contributed by atoms with E-state index in [1.807, 2.05) is 50.1 Å². The molecule has 1 amide bonds. The van der Waals surface area contributed by atoms with Crippen LogP contribution in [0.25, 0.3) is 0 Å². The third kappa shape index (κ3) is 5.86. The van der Waals surface area contributed by atoms with E-state index in [2.05, 4.69) is 15.2 Å². The number of benzene rings is 1. The molecule has 0 atom stereocenters. The van der Waals surface area contributed by atoms with Crippen molar-refractivity contribution in [3.63, 3.8) is 0 Å². The van der Waals surface area contributed by atoms with Crippen LogP contribution in [0.5, 0.6) is 0 Å². The molecule has 0 bridgehead atoms. The van der Waals surface area contributed by atoms with E-state index < -0.39 is 0 Å². The van der Waals surface area contributed by atoms with E-state index in [-0.39, 0.29) is 29.9 Å². The average Bonchev–Trinajstić information content (AvgIpc) is 3.13. The number of guanidine groups is 1. The number of hydrogen-bond acceptors (Lipinski definition) is 2. The third-order valence-electron chi connectivity index (χ3n) is 6.57. The molecule has 5 nitrogen and oxygen atoms in total. The Balaban J connectivity index is 0.00000300. The van der Waals surface area contributed by atoms with E-state index in [1.54, 1.807) is 0 Å². The molecule has 0 unspecified atom stereocenters. The summed E-state index contributed by atoms with van der Waals surface area (Å²) < 4.78 is 0. The zero-order chi connectivity index (χ0) is 20.0. The number of hydrogen-bond donors (Lipinski definition) is 1. The lowest BCUT2D eigenvalue weighted by molar-refractivity contribution is 0.0773. The summed E-state index contributed by atoms with van der Waals surface area (Å²) in [5.74, 6) is 1.11. The number of likely N-dealkylation sites (tertiary alicyclic amines) is 1. The smallest absolute Gasteiger partial charge is 0.253 e. The molecule has 1 saturated carbocycles. The van der Waals surface area contributed by atoms with Gasteiger partial charge < -0.3 is 15.1 Å². The second-order valence-corrected chi connectivity index (χ2v) is 8.31. The van der Waals surface area contributed by atoms with Gasteiger partial charge in [-0.05, 0) is 56.2 Å². The van der Waals surface area contributed by atoms with Crippen LogP contribution in [0.4, 0.5) is 0 Å². The quantitative estimate of drug-likeness (QED) is 0.359. The zero-order valence-electron chi connectivity index (χ0n) is 18.2. The van der Waals surface area contributed by atoms with Crippen molar-refractivity contribution < 1.29 is 4.79 Å². The summed E-state index contributed by atoms with van der Waals surface area (Å²) >= 11 is 0. The molecule has 1 aromatic carbocycles. The van der Waals surface area contributed by atoms with Crippen molar-refractivity contribution in [1.82, 2.24) is 15.1 Å². The molecule has 1 heterocycles. The van der Waals surface area contributed by atoms with Gasteiger partial charge in [0, 0.05) is 45.3 Å².